The molecule has 2 atom stereocenters. The summed E-state index contributed by atoms with van der Waals surface area (Å²) < 4.78 is 5.50. The van der Waals surface area contributed by atoms with Crippen molar-refractivity contribution >= 4 is 11.9 Å². The average molecular weight is 1220 g/mol. The summed E-state index contributed by atoms with van der Waals surface area (Å²) in [6.45, 7) is 4.94. The van der Waals surface area contributed by atoms with Crippen molar-refractivity contribution in [2.24, 2.45) is 0 Å². The van der Waals surface area contributed by atoms with Gasteiger partial charge in [0.2, 0.25) is 5.91 Å². The molecule has 0 aliphatic heterocycles. The zero-order valence-electron chi connectivity index (χ0n) is 59.0. The molecule has 0 saturated carbocycles. The molecule has 0 radical (unpaired) electrons. The molecule has 0 saturated heterocycles. The molecule has 514 valence electrons. The average Bonchev–Trinajstić information content (AvgIpc) is 3.52. The molecule has 3 N–H and O–H groups in total. The zero-order valence-corrected chi connectivity index (χ0v) is 59.0. The van der Waals surface area contributed by atoms with E-state index < -0.39 is 12.1 Å². The topological polar surface area (TPSA) is 95.9 Å². The minimum Gasteiger partial charge on any atom is -0.466 e. The number of carbonyl (C=O) groups excluding carboxylic acids is 2. The SMILES string of the molecule is CCCCCCCC/C=C\CCCCCCCC(=O)OCCCCCCCCCCCCCCCC/C=C\CCCCCCCCCCCCCCCCCCCC(=O)NC(CO)C(O)/C=C/CCCCCCCCCCCCCCCCCCCC. The van der Waals surface area contributed by atoms with Crippen LogP contribution in [0.25, 0.3) is 0 Å². The third-order valence-electron chi connectivity index (χ3n) is 18.6. The first-order valence-electron chi connectivity index (χ1n) is 39.8. The van der Waals surface area contributed by atoms with Crippen molar-refractivity contribution in [3.63, 3.8) is 0 Å². The van der Waals surface area contributed by atoms with Gasteiger partial charge in [0.1, 0.15) is 0 Å². The highest BCUT2D eigenvalue weighted by Gasteiger charge is 2.18. The van der Waals surface area contributed by atoms with Gasteiger partial charge < -0.3 is 20.3 Å². The number of allylic oxidation sites excluding steroid dienone is 5. The molecule has 0 fully saturated rings. The van der Waals surface area contributed by atoms with Crippen molar-refractivity contribution in [3.05, 3.63) is 36.5 Å². The maximum Gasteiger partial charge on any atom is 0.305 e. The Hall–Kier alpha value is -1.92. The summed E-state index contributed by atoms with van der Waals surface area (Å²) in [5.74, 6) is -0.0474. The van der Waals surface area contributed by atoms with Crippen LogP contribution in [0, 0.1) is 0 Å². The molecule has 0 aliphatic rings. The van der Waals surface area contributed by atoms with Crippen LogP contribution in [0.1, 0.15) is 444 Å². The van der Waals surface area contributed by atoms with Crippen LogP contribution in [0.2, 0.25) is 0 Å². The van der Waals surface area contributed by atoms with Crippen LogP contribution in [0.5, 0.6) is 0 Å². The van der Waals surface area contributed by atoms with Crippen LogP contribution in [-0.2, 0) is 14.3 Å². The normalized spacial score (nSPS) is 12.6. The van der Waals surface area contributed by atoms with Gasteiger partial charge in [-0.2, -0.15) is 0 Å². The molecule has 0 bridgehead atoms. The second kappa shape index (κ2) is 76.5. The van der Waals surface area contributed by atoms with Gasteiger partial charge >= 0.3 is 5.97 Å². The largest absolute Gasteiger partial charge is 0.466 e. The van der Waals surface area contributed by atoms with E-state index in [1.54, 1.807) is 6.08 Å². The minimum absolute atomic E-state index is 0.0127. The van der Waals surface area contributed by atoms with E-state index in [9.17, 15) is 19.8 Å². The highest BCUT2D eigenvalue weighted by Crippen LogP contribution is 2.19. The van der Waals surface area contributed by atoms with E-state index in [1.807, 2.05) is 6.08 Å². The number of hydrogen-bond donors (Lipinski definition) is 3. The zero-order chi connectivity index (χ0) is 62.8. The first-order chi connectivity index (χ1) is 43.0. The Labute approximate surface area is 544 Å². The molecule has 0 rings (SSSR count). The van der Waals surface area contributed by atoms with Crippen LogP contribution in [0.4, 0.5) is 0 Å². The number of carbonyl (C=O) groups is 2. The first kappa shape index (κ1) is 85.1. The summed E-state index contributed by atoms with van der Waals surface area (Å²) in [7, 11) is 0. The van der Waals surface area contributed by atoms with Crippen molar-refractivity contribution in [2.45, 2.75) is 456 Å². The van der Waals surface area contributed by atoms with Crippen molar-refractivity contribution in [1.82, 2.24) is 5.32 Å². The molecule has 6 nitrogen and oxygen atoms in total. The lowest BCUT2D eigenvalue weighted by Gasteiger charge is -2.20. The van der Waals surface area contributed by atoms with E-state index in [0.717, 1.165) is 44.9 Å². The van der Waals surface area contributed by atoms with E-state index in [4.69, 9.17) is 4.74 Å². The van der Waals surface area contributed by atoms with Crippen molar-refractivity contribution in [1.29, 1.82) is 0 Å². The van der Waals surface area contributed by atoms with Crippen molar-refractivity contribution in [2.75, 3.05) is 13.2 Å². The predicted molar refractivity (Wildman–Crippen MR) is 384 cm³/mol. The van der Waals surface area contributed by atoms with E-state index in [1.165, 1.54) is 372 Å². The number of hydrogen-bond acceptors (Lipinski definition) is 5. The standard InChI is InChI=1S/C81H155NO5/c1-3-5-7-9-11-13-15-17-19-20-21-39-42-46-49-53-57-61-65-69-73-79(84)78(77-83)82-80(85)74-70-66-62-58-54-50-47-43-40-37-35-33-31-29-27-25-23-22-24-26-28-30-32-34-36-38-41-44-48-52-56-60-64-68-72-76-87-81(86)75-71-67-63-59-55-51-45-18-16-14-12-10-8-6-4-2/h18,24,26,45,69,73,78-79,83-84H,3-17,19-23,25,27-44,46-68,70-72,74-77H2,1-2H3,(H,82,85)/b26-24-,45-18-,73-69+. The smallest absolute Gasteiger partial charge is 0.305 e. The number of unbranched alkanes of at least 4 members (excludes halogenated alkanes) is 60. The number of aliphatic hydroxyl groups is 2. The first-order valence-corrected chi connectivity index (χ1v) is 39.8. The van der Waals surface area contributed by atoms with Crippen molar-refractivity contribution < 1.29 is 24.5 Å². The molecule has 2 unspecified atom stereocenters. The van der Waals surface area contributed by atoms with Gasteiger partial charge in [-0.25, -0.2) is 0 Å². The molecule has 87 heavy (non-hydrogen) atoms. The van der Waals surface area contributed by atoms with Crippen LogP contribution < -0.4 is 5.32 Å². The second-order valence-corrected chi connectivity index (χ2v) is 27.4. The summed E-state index contributed by atoms with van der Waals surface area (Å²) >= 11 is 0. The van der Waals surface area contributed by atoms with Crippen LogP contribution in [0.15, 0.2) is 36.5 Å². The Morgan fingerprint density at radius 1 is 0.310 bits per heavy atom. The van der Waals surface area contributed by atoms with Gasteiger partial charge in [-0.05, 0) is 83.5 Å². The van der Waals surface area contributed by atoms with Gasteiger partial charge in [0, 0.05) is 12.8 Å². The van der Waals surface area contributed by atoms with Gasteiger partial charge in [-0.15, -0.1) is 0 Å². The quantitative estimate of drug-likeness (QED) is 0.0320. The maximum atomic E-state index is 12.5. The Kier molecular flexibility index (Phi) is 74.8. The van der Waals surface area contributed by atoms with Crippen LogP contribution >= 0.6 is 0 Å². The van der Waals surface area contributed by atoms with Gasteiger partial charge in [0.25, 0.3) is 0 Å². The molecule has 6 heteroatoms. The number of esters is 1. The predicted octanol–water partition coefficient (Wildman–Crippen LogP) is 26.2. The van der Waals surface area contributed by atoms with E-state index in [-0.39, 0.29) is 18.5 Å². The monoisotopic (exact) mass is 1220 g/mol. The molecule has 1 amide bonds. The fraction of sp³-hybridized carbons (Fsp3) is 0.901. The summed E-state index contributed by atoms with van der Waals surface area (Å²) in [5.41, 5.74) is 0. The highest BCUT2D eigenvalue weighted by molar-refractivity contribution is 5.76. The molecule has 0 aromatic heterocycles. The summed E-state index contributed by atoms with van der Waals surface area (Å²) in [4.78, 5) is 24.6. The number of amides is 1. The number of ether oxygens (including phenoxy) is 1. The second-order valence-electron chi connectivity index (χ2n) is 27.4. The third-order valence-corrected chi connectivity index (χ3v) is 18.6. The maximum absolute atomic E-state index is 12.5. The number of aliphatic hydroxyl groups excluding tert-OH is 2. The molecular weight excluding hydrogens is 1070 g/mol. The lowest BCUT2D eigenvalue weighted by molar-refractivity contribution is -0.143. The van der Waals surface area contributed by atoms with Crippen molar-refractivity contribution in [3.8, 4) is 0 Å². The minimum atomic E-state index is -0.843. The lowest BCUT2D eigenvalue weighted by atomic mass is 10.0. The highest BCUT2D eigenvalue weighted by atomic mass is 16.5. The van der Waals surface area contributed by atoms with Gasteiger partial charge in [-0.3, -0.25) is 9.59 Å². The fourth-order valence-electron chi connectivity index (χ4n) is 12.6. The van der Waals surface area contributed by atoms with Gasteiger partial charge in [-0.1, -0.05) is 384 Å². The van der Waals surface area contributed by atoms with Gasteiger partial charge in [0.05, 0.1) is 25.4 Å². The molecule has 0 aromatic carbocycles. The molecule has 0 aliphatic carbocycles. The summed E-state index contributed by atoms with van der Waals surface area (Å²) in [5, 5.41) is 23.3. The summed E-state index contributed by atoms with van der Waals surface area (Å²) in [6, 6.07) is -0.626. The van der Waals surface area contributed by atoms with Crippen LogP contribution in [0.3, 0.4) is 0 Å². The van der Waals surface area contributed by atoms with Crippen LogP contribution in [-0.4, -0.2) is 47.4 Å². The van der Waals surface area contributed by atoms with Gasteiger partial charge in [0.15, 0.2) is 0 Å². The third kappa shape index (κ3) is 73.0. The molecule has 0 heterocycles. The lowest BCUT2D eigenvalue weighted by Crippen LogP contribution is -2.45. The molecule has 0 aromatic rings. The van der Waals surface area contributed by atoms with E-state index in [2.05, 4.69) is 43.5 Å². The molecular formula is C81H155NO5. The number of nitrogens with one attached hydrogen (secondary N) is 1. The Balaban J connectivity index is 3.36. The Morgan fingerprint density at radius 3 is 0.816 bits per heavy atom. The Morgan fingerprint density at radius 2 is 0.540 bits per heavy atom. The number of rotatable bonds is 75. The fourth-order valence-corrected chi connectivity index (χ4v) is 12.6. The van der Waals surface area contributed by atoms with E-state index in [0.29, 0.717) is 19.4 Å². The Bertz CT molecular complexity index is 1410. The summed E-state index contributed by atoms with van der Waals surface area (Å²) in [6.07, 6.45) is 99.8. The van der Waals surface area contributed by atoms with E-state index >= 15 is 0 Å². The molecule has 0 spiro atoms.